The molecule has 1 aromatic carbocycles. The molecule has 0 amide bonds. The first kappa shape index (κ1) is 17.3. The van der Waals surface area contributed by atoms with Crippen molar-refractivity contribution in [2.45, 2.75) is 0 Å². The number of pyridine rings is 2. The zero-order chi connectivity index (χ0) is 18.5. The lowest BCUT2D eigenvalue weighted by Crippen LogP contribution is -2.05. The molecule has 0 atom stereocenters. The molecule has 0 N–H and O–H groups in total. The van der Waals surface area contributed by atoms with Gasteiger partial charge in [0.25, 0.3) is 0 Å². The van der Waals surface area contributed by atoms with E-state index in [1.54, 1.807) is 24.3 Å². The number of rotatable bonds is 4. The fourth-order valence-corrected chi connectivity index (χ4v) is 2.47. The van der Waals surface area contributed by atoms with Gasteiger partial charge in [-0.2, -0.15) is 0 Å². The maximum Gasteiger partial charge on any atom is 0.338 e. The molecular formula is C20H16N2O4. The minimum Gasteiger partial charge on any atom is -0.465 e. The van der Waals surface area contributed by atoms with Crippen LogP contribution in [0, 0.1) is 0 Å². The lowest BCUT2D eigenvalue weighted by Gasteiger charge is -2.09. The van der Waals surface area contributed by atoms with Gasteiger partial charge < -0.3 is 9.47 Å². The van der Waals surface area contributed by atoms with Gasteiger partial charge in [-0.05, 0) is 24.3 Å². The molecule has 0 saturated carbocycles. The number of nitrogens with zero attached hydrogens (tertiary/aromatic N) is 2. The van der Waals surface area contributed by atoms with Gasteiger partial charge in [0.05, 0.1) is 42.4 Å². The van der Waals surface area contributed by atoms with E-state index in [0.29, 0.717) is 28.2 Å². The first-order valence-corrected chi connectivity index (χ1v) is 7.83. The van der Waals surface area contributed by atoms with Crippen molar-refractivity contribution in [3.8, 4) is 22.6 Å². The van der Waals surface area contributed by atoms with Crippen molar-refractivity contribution >= 4 is 11.9 Å². The predicted octanol–water partition coefficient (Wildman–Crippen LogP) is 3.38. The molecule has 0 aliphatic rings. The second-order valence-electron chi connectivity index (χ2n) is 5.41. The SMILES string of the molecule is COC(=O)c1ccnc(-c2cc(C(=O)OC)cc(-c3ccccc3)n2)c1. The third-order valence-corrected chi connectivity index (χ3v) is 3.76. The predicted molar refractivity (Wildman–Crippen MR) is 95.6 cm³/mol. The van der Waals surface area contributed by atoms with Crippen molar-refractivity contribution in [2.24, 2.45) is 0 Å². The van der Waals surface area contributed by atoms with Crippen LogP contribution in [-0.2, 0) is 9.47 Å². The van der Waals surface area contributed by atoms with Crippen LogP contribution in [0.25, 0.3) is 22.6 Å². The van der Waals surface area contributed by atoms with Gasteiger partial charge >= 0.3 is 11.9 Å². The van der Waals surface area contributed by atoms with E-state index in [2.05, 4.69) is 9.97 Å². The van der Waals surface area contributed by atoms with Crippen LogP contribution in [0.1, 0.15) is 20.7 Å². The van der Waals surface area contributed by atoms with Crippen molar-refractivity contribution in [1.29, 1.82) is 0 Å². The molecule has 0 aliphatic heterocycles. The number of ether oxygens (including phenoxy) is 2. The van der Waals surface area contributed by atoms with Crippen molar-refractivity contribution in [3.05, 3.63) is 71.9 Å². The molecule has 26 heavy (non-hydrogen) atoms. The second-order valence-corrected chi connectivity index (χ2v) is 5.41. The number of aromatic nitrogens is 2. The summed E-state index contributed by atoms with van der Waals surface area (Å²) in [6.45, 7) is 0. The monoisotopic (exact) mass is 348 g/mol. The molecule has 2 heterocycles. The molecule has 0 unspecified atom stereocenters. The Labute approximate surface area is 150 Å². The highest BCUT2D eigenvalue weighted by molar-refractivity contribution is 5.93. The Morgan fingerprint density at radius 3 is 2.08 bits per heavy atom. The van der Waals surface area contributed by atoms with E-state index in [1.165, 1.54) is 20.4 Å². The number of esters is 2. The molecule has 130 valence electrons. The Morgan fingerprint density at radius 2 is 1.38 bits per heavy atom. The number of methoxy groups -OCH3 is 2. The van der Waals surface area contributed by atoms with E-state index in [0.717, 1.165) is 5.56 Å². The van der Waals surface area contributed by atoms with Gasteiger partial charge in [0, 0.05) is 11.8 Å². The molecule has 0 saturated heterocycles. The van der Waals surface area contributed by atoms with E-state index in [4.69, 9.17) is 9.47 Å². The fraction of sp³-hybridized carbons (Fsp3) is 0.100. The van der Waals surface area contributed by atoms with E-state index in [-0.39, 0.29) is 0 Å². The number of hydrogen-bond acceptors (Lipinski definition) is 6. The van der Waals surface area contributed by atoms with Gasteiger partial charge in [0.2, 0.25) is 0 Å². The standard InChI is InChI=1S/C20H16N2O4/c1-25-19(23)14-8-9-21-17(10-14)18-12-15(20(24)26-2)11-16(22-18)13-6-4-3-5-7-13/h3-12H,1-2H3. The number of carbonyl (C=O) groups excluding carboxylic acids is 2. The Morgan fingerprint density at radius 1 is 0.769 bits per heavy atom. The van der Waals surface area contributed by atoms with Gasteiger partial charge in [0.1, 0.15) is 0 Å². The molecule has 0 spiro atoms. The average molecular weight is 348 g/mol. The van der Waals surface area contributed by atoms with E-state index in [9.17, 15) is 9.59 Å². The van der Waals surface area contributed by atoms with Gasteiger partial charge in [-0.25, -0.2) is 14.6 Å². The van der Waals surface area contributed by atoms with Crippen molar-refractivity contribution in [1.82, 2.24) is 9.97 Å². The molecule has 2 aromatic heterocycles. The molecule has 6 heteroatoms. The number of benzene rings is 1. The Kier molecular flexibility index (Phi) is 5.03. The molecule has 0 radical (unpaired) electrons. The molecular weight excluding hydrogens is 332 g/mol. The average Bonchev–Trinajstić information content (AvgIpc) is 2.73. The summed E-state index contributed by atoms with van der Waals surface area (Å²) in [4.78, 5) is 32.7. The van der Waals surface area contributed by atoms with Crippen molar-refractivity contribution < 1.29 is 19.1 Å². The highest BCUT2D eigenvalue weighted by Gasteiger charge is 2.15. The molecule has 0 fully saturated rings. The van der Waals surface area contributed by atoms with Crippen LogP contribution in [0.4, 0.5) is 0 Å². The zero-order valence-electron chi connectivity index (χ0n) is 14.3. The van der Waals surface area contributed by atoms with Crippen LogP contribution in [-0.4, -0.2) is 36.1 Å². The summed E-state index contributed by atoms with van der Waals surface area (Å²) in [5, 5.41) is 0. The summed E-state index contributed by atoms with van der Waals surface area (Å²) in [6.07, 6.45) is 1.50. The third kappa shape index (κ3) is 3.59. The van der Waals surface area contributed by atoms with Gasteiger partial charge in [0.15, 0.2) is 0 Å². The summed E-state index contributed by atoms with van der Waals surface area (Å²) in [5.41, 5.74) is 3.07. The van der Waals surface area contributed by atoms with E-state index >= 15 is 0 Å². The second kappa shape index (κ2) is 7.57. The summed E-state index contributed by atoms with van der Waals surface area (Å²) in [6, 6.07) is 15.8. The normalized spacial score (nSPS) is 10.2. The Hall–Kier alpha value is -3.54. The Bertz CT molecular complexity index is 955. The minimum atomic E-state index is -0.477. The fourth-order valence-electron chi connectivity index (χ4n) is 2.47. The lowest BCUT2D eigenvalue weighted by atomic mass is 10.1. The maximum atomic E-state index is 12.1. The molecule has 0 bridgehead atoms. The minimum absolute atomic E-state index is 0.349. The van der Waals surface area contributed by atoms with Crippen molar-refractivity contribution in [3.63, 3.8) is 0 Å². The first-order valence-electron chi connectivity index (χ1n) is 7.83. The Balaban J connectivity index is 2.15. The quantitative estimate of drug-likeness (QED) is 0.673. The third-order valence-electron chi connectivity index (χ3n) is 3.76. The van der Waals surface area contributed by atoms with Gasteiger partial charge in [-0.1, -0.05) is 30.3 Å². The smallest absolute Gasteiger partial charge is 0.338 e. The van der Waals surface area contributed by atoms with E-state index < -0.39 is 11.9 Å². The highest BCUT2D eigenvalue weighted by Crippen LogP contribution is 2.24. The summed E-state index contributed by atoms with van der Waals surface area (Å²) in [5.74, 6) is -0.948. The summed E-state index contributed by atoms with van der Waals surface area (Å²) < 4.78 is 9.57. The van der Waals surface area contributed by atoms with Gasteiger partial charge in [-0.15, -0.1) is 0 Å². The molecule has 3 aromatic rings. The summed E-state index contributed by atoms with van der Waals surface area (Å²) >= 11 is 0. The van der Waals surface area contributed by atoms with Crippen LogP contribution < -0.4 is 0 Å². The number of hydrogen-bond donors (Lipinski definition) is 0. The zero-order valence-corrected chi connectivity index (χ0v) is 14.3. The van der Waals surface area contributed by atoms with Gasteiger partial charge in [-0.3, -0.25) is 4.98 Å². The van der Waals surface area contributed by atoms with E-state index in [1.807, 2.05) is 30.3 Å². The van der Waals surface area contributed by atoms with Crippen molar-refractivity contribution in [2.75, 3.05) is 14.2 Å². The maximum absolute atomic E-state index is 12.1. The van der Waals surface area contributed by atoms with Crippen LogP contribution in [0.5, 0.6) is 0 Å². The molecule has 6 nitrogen and oxygen atoms in total. The highest BCUT2D eigenvalue weighted by atomic mass is 16.5. The topological polar surface area (TPSA) is 78.4 Å². The van der Waals surface area contributed by atoms with Crippen LogP contribution in [0.3, 0.4) is 0 Å². The summed E-state index contributed by atoms with van der Waals surface area (Å²) in [7, 11) is 2.63. The van der Waals surface area contributed by atoms with Crippen LogP contribution >= 0.6 is 0 Å². The number of carbonyl (C=O) groups is 2. The largest absolute Gasteiger partial charge is 0.465 e. The molecule has 3 rings (SSSR count). The molecule has 0 aliphatic carbocycles. The first-order chi connectivity index (χ1) is 12.6. The van der Waals surface area contributed by atoms with Crippen LogP contribution in [0.2, 0.25) is 0 Å². The van der Waals surface area contributed by atoms with Crippen LogP contribution in [0.15, 0.2) is 60.8 Å². The lowest BCUT2D eigenvalue weighted by molar-refractivity contribution is 0.0591.